The van der Waals surface area contributed by atoms with Crippen LogP contribution in [0.25, 0.3) is 0 Å². The van der Waals surface area contributed by atoms with Crippen LogP contribution in [0.4, 0.5) is 0 Å². The van der Waals surface area contributed by atoms with Crippen LogP contribution in [0.5, 0.6) is 0 Å². The van der Waals surface area contributed by atoms with E-state index in [9.17, 15) is 4.79 Å². The van der Waals surface area contributed by atoms with Crippen LogP contribution in [-0.4, -0.2) is 16.6 Å². The minimum absolute atomic E-state index is 0.0901. The van der Waals surface area contributed by atoms with E-state index in [0.29, 0.717) is 0 Å². The first kappa shape index (κ1) is 14.7. The lowest BCUT2D eigenvalue weighted by Gasteiger charge is -2.29. The second-order valence-electron chi connectivity index (χ2n) is 4.96. The lowest BCUT2D eigenvalue weighted by molar-refractivity contribution is -0.136. The van der Waals surface area contributed by atoms with E-state index in [1.54, 1.807) is 0 Å². The average molecular weight is 249 g/mol. The van der Waals surface area contributed by atoms with Crippen molar-refractivity contribution in [1.82, 2.24) is 5.32 Å². The minimum atomic E-state index is -0.781. The van der Waals surface area contributed by atoms with Crippen molar-refractivity contribution in [3.8, 4) is 0 Å². The highest BCUT2D eigenvalue weighted by Gasteiger charge is 2.18. The number of rotatable bonds is 7. The van der Waals surface area contributed by atoms with Gasteiger partial charge in [-0.2, -0.15) is 0 Å². The van der Waals surface area contributed by atoms with Crippen LogP contribution < -0.4 is 5.32 Å². The molecule has 0 aliphatic rings. The molecular formula is C15H23NO2. The monoisotopic (exact) mass is 249 g/mol. The van der Waals surface area contributed by atoms with Gasteiger partial charge in [0, 0.05) is 12.1 Å². The van der Waals surface area contributed by atoms with Crippen molar-refractivity contribution in [2.24, 2.45) is 0 Å². The number of carbonyl (C=O) groups is 1. The van der Waals surface area contributed by atoms with E-state index in [1.165, 1.54) is 0 Å². The van der Waals surface area contributed by atoms with Crippen molar-refractivity contribution >= 4 is 5.97 Å². The molecule has 3 heteroatoms. The zero-order valence-corrected chi connectivity index (χ0v) is 11.5. The maximum absolute atomic E-state index is 10.8. The van der Waals surface area contributed by atoms with E-state index in [-0.39, 0.29) is 12.0 Å². The first-order valence-corrected chi connectivity index (χ1v) is 6.54. The van der Waals surface area contributed by atoms with E-state index in [0.717, 1.165) is 30.5 Å². The van der Waals surface area contributed by atoms with Crippen LogP contribution in [0, 0.1) is 0 Å². The van der Waals surface area contributed by atoms with E-state index < -0.39 is 5.97 Å². The van der Waals surface area contributed by atoms with Gasteiger partial charge in [-0.15, -0.1) is 0 Å². The van der Waals surface area contributed by atoms with E-state index in [4.69, 9.17) is 5.11 Å². The second kappa shape index (κ2) is 6.55. The fourth-order valence-electron chi connectivity index (χ4n) is 1.87. The molecule has 0 bridgehead atoms. The summed E-state index contributed by atoms with van der Waals surface area (Å²) in [6.45, 7) is 7.26. The zero-order valence-electron chi connectivity index (χ0n) is 11.5. The molecule has 0 aliphatic heterocycles. The topological polar surface area (TPSA) is 49.3 Å². The molecule has 0 spiro atoms. The van der Waals surface area contributed by atoms with Gasteiger partial charge in [0.2, 0.25) is 0 Å². The van der Waals surface area contributed by atoms with E-state index in [2.05, 4.69) is 26.1 Å². The molecule has 0 amide bonds. The molecule has 1 rings (SSSR count). The van der Waals surface area contributed by atoms with Crippen molar-refractivity contribution in [2.75, 3.05) is 0 Å². The van der Waals surface area contributed by atoms with E-state index in [1.807, 2.05) is 24.3 Å². The van der Waals surface area contributed by atoms with Crippen LogP contribution in [0.3, 0.4) is 0 Å². The Morgan fingerprint density at radius 3 is 2.28 bits per heavy atom. The van der Waals surface area contributed by atoms with Crippen LogP contribution >= 0.6 is 0 Å². The molecule has 0 aliphatic carbocycles. The number of carboxylic acid groups (broad SMARTS) is 1. The summed E-state index contributed by atoms with van der Waals surface area (Å²) < 4.78 is 0. The van der Waals surface area contributed by atoms with Gasteiger partial charge in [0.1, 0.15) is 0 Å². The van der Waals surface area contributed by atoms with Crippen LogP contribution in [0.2, 0.25) is 0 Å². The summed E-state index contributed by atoms with van der Waals surface area (Å²) in [6, 6.07) is 7.73. The largest absolute Gasteiger partial charge is 0.481 e. The summed E-state index contributed by atoms with van der Waals surface area (Å²) in [5, 5.41) is 12.4. The molecule has 0 unspecified atom stereocenters. The summed E-state index contributed by atoms with van der Waals surface area (Å²) in [7, 11) is 0. The maximum Gasteiger partial charge on any atom is 0.307 e. The average Bonchev–Trinajstić information content (AvgIpc) is 2.37. The molecule has 0 radical (unpaired) electrons. The van der Waals surface area contributed by atoms with Crippen LogP contribution in [0.1, 0.15) is 44.7 Å². The maximum atomic E-state index is 10.8. The Kier molecular flexibility index (Phi) is 5.35. The third-order valence-corrected chi connectivity index (χ3v) is 3.73. The first-order valence-electron chi connectivity index (χ1n) is 6.54. The zero-order chi connectivity index (χ0) is 13.6. The number of benzene rings is 1. The quantitative estimate of drug-likeness (QED) is 0.781. The molecule has 0 saturated heterocycles. The van der Waals surface area contributed by atoms with Crippen molar-refractivity contribution in [3.63, 3.8) is 0 Å². The Bertz CT molecular complexity index is 397. The molecule has 100 valence electrons. The molecule has 0 atom stereocenters. The molecule has 0 heterocycles. The fourth-order valence-corrected chi connectivity index (χ4v) is 1.87. The minimum Gasteiger partial charge on any atom is -0.481 e. The lowest BCUT2D eigenvalue weighted by atomic mass is 9.94. The third-order valence-electron chi connectivity index (χ3n) is 3.73. The van der Waals surface area contributed by atoms with Crippen molar-refractivity contribution in [3.05, 3.63) is 35.4 Å². The molecule has 18 heavy (non-hydrogen) atoms. The highest BCUT2D eigenvalue weighted by Crippen LogP contribution is 2.16. The predicted molar refractivity (Wildman–Crippen MR) is 73.6 cm³/mol. The van der Waals surface area contributed by atoms with Crippen molar-refractivity contribution < 1.29 is 9.90 Å². The number of carboxylic acids is 1. The normalized spacial score (nSPS) is 11.5. The van der Waals surface area contributed by atoms with Gasteiger partial charge in [0.25, 0.3) is 0 Å². The number of aliphatic carboxylic acids is 1. The Morgan fingerprint density at radius 2 is 1.78 bits per heavy atom. The van der Waals surface area contributed by atoms with E-state index >= 15 is 0 Å². The second-order valence-corrected chi connectivity index (χ2v) is 4.96. The summed E-state index contributed by atoms with van der Waals surface area (Å²) in [5.41, 5.74) is 2.09. The Hall–Kier alpha value is -1.35. The standard InChI is InChI=1S/C15H23NO2/c1-4-15(3,5-2)16-11-13-9-7-6-8-12(13)10-14(17)18/h6-9,16H,4-5,10-11H2,1-3H3,(H,17,18). The van der Waals surface area contributed by atoms with Crippen LogP contribution in [-0.2, 0) is 17.8 Å². The molecule has 2 N–H and O–H groups in total. The van der Waals surface area contributed by atoms with Gasteiger partial charge in [0.05, 0.1) is 6.42 Å². The predicted octanol–water partition coefficient (Wildman–Crippen LogP) is 2.98. The summed E-state index contributed by atoms with van der Waals surface area (Å²) in [5.74, 6) is -0.781. The molecule has 0 aromatic heterocycles. The van der Waals surface area contributed by atoms with Gasteiger partial charge in [-0.25, -0.2) is 0 Å². The van der Waals surface area contributed by atoms with Gasteiger partial charge < -0.3 is 10.4 Å². The number of nitrogens with one attached hydrogen (secondary N) is 1. The molecule has 0 fully saturated rings. The number of hydrogen-bond donors (Lipinski definition) is 2. The summed E-state index contributed by atoms with van der Waals surface area (Å²) in [6.07, 6.45) is 2.21. The summed E-state index contributed by atoms with van der Waals surface area (Å²) >= 11 is 0. The van der Waals surface area contributed by atoms with Crippen LogP contribution in [0.15, 0.2) is 24.3 Å². The van der Waals surface area contributed by atoms with Gasteiger partial charge in [-0.05, 0) is 30.9 Å². The lowest BCUT2D eigenvalue weighted by Crippen LogP contribution is -2.40. The molecule has 1 aromatic rings. The van der Waals surface area contributed by atoms with Crippen molar-refractivity contribution in [2.45, 2.75) is 52.1 Å². The SMILES string of the molecule is CCC(C)(CC)NCc1ccccc1CC(=O)O. The fraction of sp³-hybridized carbons (Fsp3) is 0.533. The van der Waals surface area contributed by atoms with Crippen molar-refractivity contribution in [1.29, 1.82) is 0 Å². The Labute approximate surface area is 109 Å². The number of hydrogen-bond acceptors (Lipinski definition) is 2. The molecule has 1 aromatic carbocycles. The molecule has 0 saturated carbocycles. The smallest absolute Gasteiger partial charge is 0.307 e. The van der Waals surface area contributed by atoms with Gasteiger partial charge in [-0.3, -0.25) is 4.79 Å². The molecular weight excluding hydrogens is 226 g/mol. The first-order chi connectivity index (χ1) is 8.50. The highest BCUT2D eigenvalue weighted by molar-refractivity contribution is 5.70. The highest BCUT2D eigenvalue weighted by atomic mass is 16.4. The van der Waals surface area contributed by atoms with Gasteiger partial charge in [0.15, 0.2) is 0 Å². The Morgan fingerprint density at radius 1 is 1.22 bits per heavy atom. The van der Waals surface area contributed by atoms with Gasteiger partial charge >= 0.3 is 5.97 Å². The van der Waals surface area contributed by atoms with Gasteiger partial charge in [-0.1, -0.05) is 38.1 Å². The third kappa shape index (κ3) is 4.15. The summed E-state index contributed by atoms with van der Waals surface area (Å²) in [4.78, 5) is 10.8. The molecule has 3 nitrogen and oxygen atoms in total. The Balaban J connectivity index is 2.75.